The maximum Gasteiger partial charge on any atom is 0.340 e. The second-order valence-electron chi connectivity index (χ2n) is 5.70. The number of hydrogen-bond acceptors (Lipinski definition) is 8. The summed E-state index contributed by atoms with van der Waals surface area (Å²) in [5, 5.41) is 12.7. The molecule has 1 aromatic carbocycles. The highest BCUT2D eigenvalue weighted by Crippen LogP contribution is 2.26. The lowest BCUT2D eigenvalue weighted by molar-refractivity contribution is -0.122. The van der Waals surface area contributed by atoms with Gasteiger partial charge in [0.05, 0.1) is 25.5 Å². The highest BCUT2D eigenvalue weighted by molar-refractivity contribution is 8.15. The fourth-order valence-electron chi connectivity index (χ4n) is 2.14. The molecule has 9 nitrogen and oxygen atoms in total. The largest absolute Gasteiger partial charge is 0.497 e. The Balaban J connectivity index is 2.08. The molecule has 1 fully saturated rings. The SMILES string of the molecule is COC(=O)c1cc(OC)ccc1NC(=O)CC1SC(=NN=C(C)C)NC1=O. The summed E-state index contributed by atoms with van der Waals surface area (Å²) in [6.07, 6.45) is -0.0863. The van der Waals surface area contributed by atoms with Crippen LogP contribution in [0.4, 0.5) is 5.69 Å². The van der Waals surface area contributed by atoms with Gasteiger partial charge in [0.25, 0.3) is 0 Å². The number of amidine groups is 1. The van der Waals surface area contributed by atoms with Gasteiger partial charge < -0.3 is 20.1 Å². The average Bonchev–Trinajstić information content (AvgIpc) is 2.99. The summed E-state index contributed by atoms with van der Waals surface area (Å²) in [7, 11) is 2.71. The number of ether oxygens (including phenoxy) is 2. The molecular weight excluding hydrogens is 372 g/mol. The normalized spacial score (nSPS) is 17.3. The van der Waals surface area contributed by atoms with E-state index < -0.39 is 17.1 Å². The van der Waals surface area contributed by atoms with E-state index in [-0.39, 0.29) is 23.6 Å². The van der Waals surface area contributed by atoms with E-state index in [1.54, 1.807) is 19.9 Å². The van der Waals surface area contributed by atoms with E-state index in [2.05, 4.69) is 20.8 Å². The van der Waals surface area contributed by atoms with Crippen LogP contribution >= 0.6 is 11.8 Å². The Kier molecular flexibility index (Phi) is 6.94. The lowest BCUT2D eigenvalue weighted by Gasteiger charge is -2.12. The van der Waals surface area contributed by atoms with E-state index in [1.807, 2.05) is 0 Å². The molecule has 0 aliphatic carbocycles. The Morgan fingerprint density at radius 1 is 1.30 bits per heavy atom. The second-order valence-corrected chi connectivity index (χ2v) is 6.89. The number of anilines is 1. The lowest BCUT2D eigenvalue weighted by Crippen LogP contribution is -2.28. The van der Waals surface area contributed by atoms with Crippen molar-refractivity contribution in [2.24, 2.45) is 10.2 Å². The van der Waals surface area contributed by atoms with Crippen LogP contribution in [0.25, 0.3) is 0 Å². The highest BCUT2D eigenvalue weighted by atomic mass is 32.2. The summed E-state index contributed by atoms with van der Waals surface area (Å²) < 4.78 is 9.81. The molecule has 0 saturated carbocycles. The number of rotatable bonds is 6. The molecule has 0 bridgehead atoms. The van der Waals surface area contributed by atoms with Crippen LogP contribution in [0.1, 0.15) is 30.6 Å². The molecule has 1 unspecified atom stereocenters. The van der Waals surface area contributed by atoms with Crippen LogP contribution in [0.5, 0.6) is 5.75 Å². The van der Waals surface area contributed by atoms with Gasteiger partial charge in [-0.15, -0.1) is 5.10 Å². The molecule has 0 spiro atoms. The minimum absolute atomic E-state index is 0.0863. The third kappa shape index (κ3) is 5.55. The number of carbonyl (C=O) groups is 3. The number of benzene rings is 1. The monoisotopic (exact) mass is 392 g/mol. The summed E-state index contributed by atoms with van der Waals surface area (Å²) >= 11 is 1.13. The molecule has 0 aromatic heterocycles. The second kappa shape index (κ2) is 9.17. The van der Waals surface area contributed by atoms with Crippen LogP contribution in [-0.2, 0) is 14.3 Å². The molecular formula is C17H20N4O5S. The predicted octanol–water partition coefficient (Wildman–Crippen LogP) is 1.79. The van der Waals surface area contributed by atoms with Crippen LogP contribution in [0.15, 0.2) is 28.4 Å². The zero-order valence-electron chi connectivity index (χ0n) is 15.4. The van der Waals surface area contributed by atoms with E-state index in [1.165, 1.54) is 26.4 Å². The molecule has 10 heteroatoms. The van der Waals surface area contributed by atoms with Gasteiger partial charge in [0.1, 0.15) is 11.0 Å². The molecule has 1 heterocycles. The van der Waals surface area contributed by atoms with Gasteiger partial charge in [-0.3, -0.25) is 9.59 Å². The quantitative estimate of drug-likeness (QED) is 0.433. The van der Waals surface area contributed by atoms with Crippen molar-refractivity contribution in [2.45, 2.75) is 25.5 Å². The van der Waals surface area contributed by atoms with Gasteiger partial charge in [-0.2, -0.15) is 5.10 Å². The van der Waals surface area contributed by atoms with Gasteiger partial charge in [-0.25, -0.2) is 4.79 Å². The van der Waals surface area contributed by atoms with Gasteiger partial charge in [0, 0.05) is 12.1 Å². The van der Waals surface area contributed by atoms with Gasteiger partial charge in [0.2, 0.25) is 11.8 Å². The molecule has 2 N–H and O–H groups in total. The summed E-state index contributed by atoms with van der Waals surface area (Å²) in [6.45, 7) is 3.56. The van der Waals surface area contributed by atoms with Crippen LogP contribution < -0.4 is 15.4 Å². The van der Waals surface area contributed by atoms with Crippen molar-refractivity contribution in [3.8, 4) is 5.75 Å². The van der Waals surface area contributed by atoms with Crippen molar-refractivity contribution in [2.75, 3.05) is 19.5 Å². The van der Waals surface area contributed by atoms with E-state index in [4.69, 9.17) is 9.47 Å². The average molecular weight is 392 g/mol. The fourth-order valence-corrected chi connectivity index (χ4v) is 3.06. The molecule has 1 aliphatic heterocycles. The Bertz CT molecular complexity index is 818. The molecule has 144 valence electrons. The Labute approximate surface area is 160 Å². The van der Waals surface area contributed by atoms with Gasteiger partial charge in [-0.1, -0.05) is 11.8 Å². The highest BCUT2D eigenvalue weighted by Gasteiger charge is 2.32. The van der Waals surface area contributed by atoms with Crippen molar-refractivity contribution in [3.63, 3.8) is 0 Å². The van der Waals surface area contributed by atoms with Crippen molar-refractivity contribution >= 4 is 46.1 Å². The van der Waals surface area contributed by atoms with E-state index in [0.29, 0.717) is 10.9 Å². The zero-order chi connectivity index (χ0) is 20.0. The van der Waals surface area contributed by atoms with Gasteiger partial charge in [0.15, 0.2) is 5.17 Å². The number of amides is 2. The number of hydrogen-bond donors (Lipinski definition) is 2. The van der Waals surface area contributed by atoms with Crippen molar-refractivity contribution in [1.29, 1.82) is 0 Å². The first-order valence-electron chi connectivity index (χ1n) is 7.96. The summed E-state index contributed by atoms with van der Waals surface area (Å²) in [5.74, 6) is -0.902. The molecule has 2 amide bonds. The molecule has 1 atom stereocenters. The van der Waals surface area contributed by atoms with Crippen LogP contribution in [0.2, 0.25) is 0 Å². The fraction of sp³-hybridized carbons (Fsp3) is 0.353. The summed E-state index contributed by atoms with van der Waals surface area (Å²) in [4.78, 5) is 36.3. The standard InChI is InChI=1S/C17H20N4O5S/c1-9(2)20-21-17-19-15(23)13(27-17)8-14(22)18-12-6-5-10(25-3)7-11(12)16(24)26-4/h5-7,13H,8H2,1-4H3,(H,18,22)(H,19,21,23). The first kappa shape index (κ1) is 20.4. The van der Waals surface area contributed by atoms with Crippen molar-refractivity contribution < 1.29 is 23.9 Å². The van der Waals surface area contributed by atoms with Crippen molar-refractivity contribution in [3.05, 3.63) is 23.8 Å². The van der Waals surface area contributed by atoms with Crippen LogP contribution in [0, 0.1) is 0 Å². The lowest BCUT2D eigenvalue weighted by atomic mass is 10.1. The van der Waals surface area contributed by atoms with E-state index >= 15 is 0 Å². The van der Waals surface area contributed by atoms with Crippen molar-refractivity contribution in [1.82, 2.24) is 5.32 Å². The first-order chi connectivity index (χ1) is 12.8. The number of nitrogens with zero attached hydrogens (tertiary/aromatic N) is 2. The van der Waals surface area contributed by atoms with Gasteiger partial charge in [-0.05, 0) is 32.0 Å². The topological polar surface area (TPSA) is 118 Å². The number of methoxy groups -OCH3 is 2. The zero-order valence-corrected chi connectivity index (χ0v) is 16.2. The van der Waals surface area contributed by atoms with Gasteiger partial charge >= 0.3 is 5.97 Å². The van der Waals surface area contributed by atoms with Crippen LogP contribution in [-0.4, -0.2) is 48.1 Å². The minimum atomic E-state index is -0.629. The number of nitrogens with one attached hydrogen (secondary N) is 2. The molecule has 0 radical (unpaired) electrons. The maximum absolute atomic E-state index is 12.3. The molecule has 2 rings (SSSR count). The Hall–Kier alpha value is -2.88. The Morgan fingerprint density at radius 2 is 2.04 bits per heavy atom. The van der Waals surface area contributed by atoms with Crippen LogP contribution in [0.3, 0.4) is 0 Å². The molecule has 27 heavy (non-hydrogen) atoms. The first-order valence-corrected chi connectivity index (χ1v) is 8.84. The summed E-state index contributed by atoms with van der Waals surface area (Å²) in [5.41, 5.74) is 1.17. The third-order valence-electron chi connectivity index (χ3n) is 3.39. The molecule has 1 aliphatic rings. The predicted molar refractivity (Wildman–Crippen MR) is 103 cm³/mol. The molecule has 1 saturated heterocycles. The Morgan fingerprint density at radius 3 is 2.67 bits per heavy atom. The summed E-state index contributed by atoms with van der Waals surface area (Å²) in [6, 6.07) is 4.61. The number of esters is 1. The smallest absolute Gasteiger partial charge is 0.340 e. The number of carbonyl (C=O) groups excluding carboxylic acids is 3. The van der Waals surface area contributed by atoms with E-state index in [9.17, 15) is 14.4 Å². The third-order valence-corrected chi connectivity index (χ3v) is 4.47. The minimum Gasteiger partial charge on any atom is -0.497 e. The van der Waals surface area contributed by atoms with E-state index in [0.717, 1.165) is 17.5 Å². The molecule has 1 aromatic rings. The maximum atomic E-state index is 12.3. The number of thioether (sulfide) groups is 1.